The number of alkyl carbamates (subject to hydrolysis) is 1. The molecule has 2 amide bonds. The van der Waals surface area contributed by atoms with E-state index < -0.39 is 29.6 Å². The number of nitrogens with one attached hydrogen (secondary N) is 1. The molecule has 2 atom stereocenters. The Hall–Kier alpha value is -3.39. The molecule has 2 aromatic rings. The van der Waals surface area contributed by atoms with Gasteiger partial charge in [0.05, 0.1) is 6.61 Å². The van der Waals surface area contributed by atoms with Crippen LogP contribution in [0.1, 0.15) is 36.8 Å². The Morgan fingerprint density at radius 1 is 1.09 bits per heavy atom. The average molecular weight is 453 g/mol. The molecule has 1 unspecified atom stereocenters. The van der Waals surface area contributed by atoms with Gasteiger partial charge in [-0.3, -0.25) is 4.79 Å². The van der Waals surface area contributed by atoms with E-state index in [9.17, 15) is 19.5 Å². The highest BCUT2D eigenvalue weighted by molar-refractivity contribution is 5.93. The second kappa shape index (κ2) is 9.23. The maximum Gasteiger partial charge on any atom is 0.408 e. The molecule has 0 radical (unpaired) electrons. The highest BCUT2D eigenvalue weighted by Gasteiger charge is 2.44. The number of carboxylic acid groups (broad SMARTS) is 1. The molecular weight excluding hydrogens is 424 g/mol. The number of carbonyl (C=O) groups is 3. The molecule has 4 rings (SSSR count). The van der Waals surface area contributed by atoms with E-state index in [1.807, 2.05) is 36.4 Å². The Bertz CT molecular complexity index is 1020. The van der Waals surface area contributed by atoms with Crippen molar-refractivity contribution in [3.05, 3.63) is 59.7 Å². The van der Waals surface area contributed by atoms with Gasteiger partial charge in [0.25, 0.3) is 5.91 Å². The van der Waals surface area contributed by atoms with Gasteiger partial charge in [0, 0.05) is 19.6 Å². The highest BCUT2D eigenvalue weighted by Crippen LogP contribution is 2.44. The molecule has 2 aliphatic rings. The second-order valence-electron chi connectivity index (χ2n) is 8.71. The minimum absolute atomic E-state index is 0.109. The summed E-state index contributed by atoms with van der Waals surface area (Å²) in [7, 11) is 1.42. The number of ether oxygens (including phenoxy) is 2. The molecule has 1 aliphatic carbocycles. The molecule has 8 nitrogen and oxygen atoms in total. The predicted molar refractivity (Wildman–Crippen MR) is 121 cm³/mol. The molecule has 0 saturated carbocycles. The van der Waals surface area contributed by atoms with E-state index in [-0.39, 0.29) is 19.1 Å². The normalized spacial score (nSPS) is 18.8. The first kappa shape index (κ1) is 22.8. The molecule has 2 N–H and O–H groups in total. The second-order valence-corrected chi connectivity index (χ2v) is 8.71. The summed E-state index contributed by atoms with van der Waals surface area (Å²) in [6, 6.07) is 15.1. The first-order valence-corrected chi connectivity index (χ1v) is 11.0. The van der Waals surface area contributed by atoms with Crippen LogP contribution in [0.3, 0.4) is 0 Å². The van der Waals surface area contributed by atoms with Gasteiger partial charge in [-0.1, -0.05) is 48.5 Å². The summed E-state index contributed by atoms with van der Waals surface area (Å²) in [5, 5.41) is 12.1. The maximum absolute atomic E-state index is 13.2. The first-order chi connectivity index (χ1) is 15.9. The van der Waals surface area contributed by atoms with Crippen LogP contribution < -0.4 is 5.32 Å². The van der Waals surface area contributed by atoms with Crippen molar-refractivity contribution in [3.63, 3.8) is 0 Å². The van der Waals surface area contributed by atoms with E-state index >= 15 is 0 Å². The third-order valence-corrected chi connectivity index (χ3v) is 6.43. The molecule has 174 valence electrons. The molecule has 1 saturated heterocycles. The Morgan fingerprint density at radius 3 is 2.27 bits per heavy atom. The lowest BCUT2D eigenvalue weighted by Crippen LogP contribution is -2.62. The summed E-state index contributed by atoms with van der Waals surface area (Å²) in [5.74, 6) is -1.66. The van der Waals surface area contributed by atoms with Crippen molar-refractivity contribution in [2.45, 2.75) is 37.3 Å². The molecule has 1 fully saturated rings. The van der Waals surface area contributed by atoms with Gasteiger partial charge in [-0.2, -0.15) is 0 Å². The van der Waals surface area contributed by atoms with Crippen LogP contribution in [0.4, 0.5) is 4.79 Å². The molecule has 0 aromatic heterocycles. The number of carboxylic acids is 1. The summed E-state index contributed by atoms with van der Waals surface area (Å²) in [4.78, 5) is 38.8. The quantitative estimate of drug-likeness (QED) is 0.669. The Balaban J connectivity index is 1.47. The molecule has 1 aliphatic heterocycles. The molecule has 2 aromatic carbocycles. The van der Waals surface area contributed by atoms with Gasteiger partial charge < -0.3 is 24.8 Å². The van der Waals surface area contributed by atoms with E-state index in [0.717, 1.165) is 22.3 Å². The Kier molecular flexibility index (Phi) is 6.37. The van der Waals surface area contributed by atoms with E-state index in [0.29, 0.717) is 19.4 Å². The van der Waals surface area contributed by atoms with Gasteiger partial charge in [-0.15, -0.1) is 0 Å². The number of hydrogen-bond donors (Lipinski definition) is 2. The number of amides is 2. The predicted octanol–water partition coefficient (Wildman–Crippen LogP) is 3.01. The lowest BCUT2D eigenvalue weighted by molar-refractivity contribution is -0.151. The van der Waals surface area contributed by atoms with Gasteiger partial charge in [0.2, 0.25) is 0 Å². The number of nitrogens with zero attached hydrogens (tertiary/aromatic N) is 1. The Labute approximate surface area is 192 Å². The van der Waals surface area contributed by atoms with Gasteiger partial charge in [-0.25, -0.2) is 9.59 Å². The van der Waals surface area contributed by atoms with Crippen LogP contribution in [-0.2, 0) is 19.1 Å². The van der Waals surface area contributed by atoms with Crippen LogP contribution in [0.25, 0.3) is 11.1 Å². The van der Waals surface area contributed by atoms with Crippen LogP contribution in [0.15, 0.2) is 48.5 Å². The van der Waals surface area contributed by atoms with Gasteiger partial charge >= 0.3 is 12.1 Å². The molecule has 1 heterocycles. The zero-order valence-corrected chi connectivity index (χ0v) is 18.7. The maximum atomic E-state index is 13.2. The van der Waals surface area contributed by atoms with E-state index in [1.54, 1.807) is 0 Å². The van der Waals surface area contributed by atoms with Crippen molar-refractivity contribution < 1.29 is 29.0 Å². The zero-order valence-electron chi connectivity index (χ0n) is 18.7. The van der Waals surface area contributed by atoms with Crippen LogP contribution in [0.5, 0.6) is 0 Å². The summed E-state index contributed by atoms with van der Waals surface area (Å²) in [5.41, 5.74) is 2.97. The van der Waals surface area contributed by atoms with Crippen molar-refractivity contribution in [1.29, 1.82) is 0 Å². The molecular formula is C25H28N2O6. The van der Waals surface area contributed by atoms with E-state index in [2.05, 4.69) is 17.4 Å². The zero-order chi connectivity index (χ0) is 23.6. The van der Waals surface area contributed by atoms with E-state index in [4.69, 9.17) is 9.47 Å². The standard InChI is InChI=1S/C25H28N2O6/c1-25(15-32-2,23(30)27-13-7-12-21(27)22(28)29)26-24(31)33-14-20-18-10-5-3-8-16(18)17-9-4-6-11-19(17)20/h3-6,8-11,20-21H,7,12-15H2,1-2H3,(H,26,31)(H,28,29)/t21-,25?/m0/s1. The lowest BCUT2D eigenvalue weighted by Gasteiger charge is -2.34. The smallest absolute Gasteiger partial charge is 0.408 e. The van der Waals surface area contributed by atoms with Crippen molar-refractivity contribution in [2.24, 2.45) is 0 Å². The van der Waals surface area contributed by atoms with Gasteiger partial charge in [0.15, 0.2) is 0 Å². The number of rotatable bonds is 7. The van der Waals surface area contributed by atoms with Gasteiger partial charge in [0.1, 0.15) is 18.2 Å². The number of likely N-dealkylation sites (tertiary alicyclic amines) is 1. The number of carbonyl (C=O) groups excluding carboxylic acids is 2. The van der Waals surface area contributed by atoms with Crippen molar-refractivity contribution in [3.8, 4) is 11.1 Å². The van der Waals surface area contributed by atoms with E-state index in [1.165, 1.54) is 18.9 Å². The van der Waals surface area contributed by atoms with Crippen LogP contribution >= 0.6 is 0 Å². The minimum Gasteiger partial charge on any atom is -0.480 e. The topological polar surface area (TPSA) is 105 Å². The average Bonchev–Trinajstić information content (AvgIpc) is 3.41. The SMILES string of the molecule is COCC(C)(NC(=O)OCC1c2ccccc2-c2ccccc21)C(=O)N1CCC[C@H]1C(=O)O. The third kappa shape index (κ3) is 4.30. The highest BCUT2D eigenvalue weighted by atomic mass is 16.5. The minimum atomic E-state index is -1.45. The van der Waals surface area contributed by atoms with Crippen molar-refractivity contribution in [2.75, 3.05) is 26.9 Å². The van der Waals surface area contributed by atoms with Crippen LogP contribution in [0, 0.1) is 0 Å². The Morgan fingerprint density at radius 2 is 1.70 bits per heavy atom. The molecule has 0 bridgehead atoms. The van der Waals surface area contributed by atoms with Gasteiger partial charge in [-0.05, 0) is 42.0 Å². The number of methoxy groups -OCH3 is 1. The first-order valence-electron chi connectivity index (χ1n) is 11.0. The summed E-state index contributed by atoms with van der Waals surface area (Å²) < 4.78 is 10.8. The fraction of sp³-hybridized carbons (Fsp3) is 0.400. The fourth-order valence-electron chi connectivity index (χ4n) is 4.88. The fourth-order valence-corrected chi connectivity index (χ4v) is 4.88. The molecule has 8 heteroatoms. The van der Waals surface area contributed by atoms with Crippen LogP contribution in [-0.4, -0.2) is 66.4 Å². The molecule has 33 heavy (non-hydrogen) atoms. The summed E-state index contributed by atoms with van der Waals surface area (Å²) in [6.07, 6.45) is 0.224. The largest absolute Gasteiger partial charge is 0.480 e. The number of aliphatic carboxylic acids is 1. The number of hydrogen-bond acceptors (Lipinski definition) is 5. The monoisotopic (exact) mass is 452 g/mol. The van der Waals surface area contributed by atoms with Crippen molar-refractivity contribution >= 4 is 18.0 Å². The summed E-state index contributed by atoms with van der Waals surface area (Å²) in [6.45, 7) is 1.84. The van der Waals surface area contributed by atoms with Crippen molar-refractivity contribution in [1.82, 2.24) is 10.2 Å². The third-order valence-electron chi connectivity index (χ3n) is 6.43. The number of fused-ring (bicyclic) bond motifs is 3. The number of benzene rings is 2. The summed E-state index contributed by atoms with van der Waals surface area (Å²) >= 11 is 0. The molecule has 0 spiro atoms. The van der Waals surface area contributed by atoms with Crippen LogP contribution in [0.2, 0.25) is 0 Å². The lowest BCUT2D eigenvalue weighted by atomic mass is 9.98.